The fourth-order valence-corrected chi connectivity index (χ4v) is 1.74. The van der Waals surface area contributed by atoms with Crippen LogP contribution in [0.2, 0.25) is 0 Å². The molecule has 1 N–H and O–H groups in total. The fraction of sp³-hybridized carbons (Fsp3) is 0.0833. The van der Waals surface area contributed by atoms with E-state index in [1.807, 2.05) is 49.5 Å². The predicted molar refractivity (Wildman–Crippen MR) is 66.8 cm³/mol. The number of H-pyrrole nitrogens is 1. The van der Waals surface area contributed by atoms with Crippen molar-refractivity contribution >= 4 is 27.3 Å². The number of hydrogen-bond acceptors (Lipinski definition) is 1. The van der Waals surface area contributed by atoms with Gasteiger partial charge in [-0.2, -0.15) is 0 Å². The average molecular weight is 263 g/mol. The van der Waals surface area contributed by atoms with Crippen molar-refractivity contribution < 1.29 is 0 Å². The van der Waals surface area contributed by atoms with E-state index >= 15 is 0 Å². The van der Waals surface area contributed by atoms with Gasteiger partial charge >= 0.3 is 0 Å². The van der Waals surface area contributed by atoms with Crippen LogP contribution in [0.1, 0.15) is 12.6 Å². The lowest BCUT2D eigenvalue weighted by atomic mass is 10.3. The summed E-state index contributed by atoms with van der Waals surface area (Å²) in [6.07, 6.45) is 1.90. The van der Waals surface area contributed by atoms with Gasteiger partial charge in [0.15, 0.2) is 0 Å². The summed E-state index contributed by atoms with van der Waals surface area (Å²) < 4.78 is 1.04. The lowest BCUT2D eigenvalue weighted by molar-refractivity contribution is 1.34. The summed E-state index contributed by atoms with van der Waals surface area (Å²) >= 11 is 3.42. The van der Waals surface area contributed by atoms with Crippen LogP contribution in [-0.2, 0) is 0 Å². The molecule has 2 nitrogen and oxygen atoms in total. The molecule has 0 bridgehead atoms. The molecule has 0 fully saturated rings. The first-order valence-electron chi connectivity index (χ1n) is 4.70. The molecule has 0 unspecified atom stereocenters. The second-order valence-corrected chi connectivity index (χ2v) is 4.18. The van der Waals surface area contributed by atoms with E-state index in [-0.39, 0.29) is 0 Å². The number of hydrogen-bond donors (Lipinski definition) is 1. The van der Waals surface area contributed by atoms with Crippen LogP contribution in [0.3, 0.4) is 0 Å². The third-order valence-electron chi connectivity index (χ3n) is 2.09. The Morgan fingerprint density at radius 1 is 1.27 bits per heavy atom. The Labute approximate surface area is 97.2 Å². The molecule has 0 spiro atoms. The number of aromatic amines is 1. The third kappa shape index (κ3) is 2.57. The quantitative estimate of drug-likeness (QED) is 0.795. The van der Waals surface area contributed by atoms with Crippen LogP contribution in [-0.4, -0.2) is 10.7 Å². The van der Waals surface area contributed by atoms with Crippen LogP contribution in [0.15, 0.2) is 52.1 Å². The molecule has 2 rings (SSSR count). The zero-order chi connectivity index (χ0) is 10.7. The molecular formula is C12H11BrN2. The molecule has 1 aromatic carbocycles. The first-order chi connectivity index (χ1) is 7.25. The molecule has 0 radical (unpaired) electrons. The van der Waals surface area contributed by atoms with E-state index in [2.05, 4.69) is 25.9 Å². The maximum absolute atomic E-state index is 4.52. The summed E-state index contributed by atoms with van der Waals surface area (Å²) in [5.41, 5.74) is 2.99. The number of halogens is 1. The standard InChI is InChI=1S/C12H11BrN2/c1-9(12-6-3-7-14-12)15-11-5-2-4-10(13)8-11/h2-8,14H,1H3. The predicted octanol–water partition coefficient (Wildman–Crippen LogP) is 3.92. The molecule has 1 heterocycles. The Morgan fingerprint density at radius 2 is 2.13 bits per heavy atom. The lowest BCUT2D eigenvalue weighted by Crippen LogP contribution is -1.93. The zero-order valence-corrected chi connectivity index (χ0v) is 9.95. The normalized spacial score (nSPS) is 11.7. The summed E-state index contributed by atoms with van der Waals surface area (Å²) in [7, 11) is 0. The van der Waals surface area contributed by atoms with Crippen molar-refractivity contribution in [3.63, 3.8) is 0 Å². The van der Waals surface area contributed by atoms with Crippen molar-refractivity contribution in [1.82, 2.24) is 4.98 Å². The Hall–Kier alpha value is -1.35. The zero-order valence-electron chi connectivity index (χ0n) is 8.37. The Balaban J connectivity index is 2.31. The molecule has 0 aliphatic heterocycles. The van der Waals surface area contributed by atoms with E-state index in [1.54, 1.807) is 0 Å². The highest BCUT2D eigenvalue weighted by Crippen LogP contribution is 2.19. The van der Waals surface area contributed by atoms with Crippen LogP contribution < -0.4 is 0 Å². The Bertz CT molecular complexity index is 472. The summed E-state index contributed by atoms with van der Waals surface area (Å²) in [6, 6.07) is 11.9. The molecule has 2 aromatic rings. The third-order valence-corrected chi connectivity index (χ3v) is 2.59. The van der Waals surface area contributed by atoms with Crippen LogP contribution in [0.5, 0.6) is 0 Å². The summed E-state index contributed by atoms with van der Waals surface area (Å²) in [5.74, 6) is 0. The van der Waals surface area contributed by atoms with Gasteiger partial charge < -0.3 is 4.98 Å². The maximum atomic E-state index is 4.52. The number of nitrogens with zero attached hydrogens (tertiary/aromatic N) is 1. The van der Waals surface area contributed by atoms with Gasteiger partial charge in [0.1, 0.15) is 0 Å². The first-order valence-corrected chi connectivity index (χ1v) is 5.49. The molecule has 15 heavy (non-hydrogen) atoms. The van der Waals surface area contributed by atoms with Crippen molar-refractivity contribution in [3.05, 3.63) is 52.8 Å². The number of nitrogens with one attached hydrogen (secondary N) is 1. The maximum Gasteiger partial charge on any atom is 0.0644 e. The van der Waals surface area contributed by atoms with Crippen molar-refractivity contribution in [2.24, 2.45) is 4.99 Å². The Kier molecular flexibility index (Phi) is 3.02. The molecule has 0 aliphatic rings. The minimum atomic E-state index is 0.955. The van der Waals surface area contributed by atoms with E-state index < -0.39 is 0 Å². The van der Waals surface area contributed by atoms with E-state index in [9.17, 15) is 0 Å². The molecule has 3 heteroatoms. The van der Waals surface area contributed by atoms with Crippen molar-refractivity contribution in [2.75, 3.05) is 0 Å². The average Bonchev–Trinajstić information content (AvgIpc) is 2.70. The first kappa shape index (κ1) is 10.2. The van der Waals surface area contributed by atoms with Crippen LogP contribution >= 0.6 is 15.9 Å². The van der Waals surface area contributed by atoms with Crippen LogP contribution in [0, 0.1) is 0 Å². The lowest BCUT2D eigenvalue weighted by Gasteiger charge is -1.98. The SMILES string of the molecule is CC(=Nc1cccc(Br)c1)c1ccc[nH]1. The number of aromatic nitrogens is 1. The number of benzene rings is 1. The molecule has 1 aromatic heterocycles. The van der Waals surface area contributed by atoms with Crippen LogP contribution in [0.25, 0.3) is 0 Å². The highest BCUT2D eigenvalue weighted by molar-refractivity contribution is 9.10. The summed E-state index contributed by atoms with van der Waals surface area (Å²) in [5, 5.41) is 0. The van der Waals surface area contributed by atoms with Crippen molar-refractivity contribution in [2.45, 2.75) is 6.92 Å². The van der Waals surface area contributed by atoms with E-state index in [1.165, 1.54) is 0 Å². The fourth-order valence-electron chi connectivity index (χ4n) is 1.35. The Morgan fingerprint density at radius 3 is 2.80 bits per heavy atom. The van der Waals surface area contributed by atoms with Gasteiger partial charge in [-0.15, -0.1) is 0 Å². The van der Waals surface area contributed by atoms with Crippen LogP contribution in [0.4, 0.5) is 5.69 Å². The second-order valence-electron chi connectivity index (χ2n) is 3.26. The molecule has 0 atom stereocenters. The topological polar surface area (TPSA) is 28.1 Å². The van der Waals surface area contributed by atoms with Gasteiger partial charge in [0.2, 0.25) is 0 Å². The highest BCUT2D eigenvalue weighted by Gasteiger charge is 1.97. The second kappa shape index (κ2) is 4.45. The number of rotatable bonds is 2. The van der Waals surface area contributed by atoms with Gasteiger partial charge in [-0.25, -0.2) is 0 Å². The molecular weight excluding hydrogens is 252 g/mol. The van der Waals surface area contributed by atoms with Gasteiger partial charge in [-0.3, -0.25) is 4.99 Å². The highest BCUT2D eigenvalue weighted by atomic mass is 79.9. The molecule has 0 saturated heterocycles. The van der Waals surface area contributed by atoms with E-state index in [4.69, 9.17) is 0 Å². The summed E-state index contributed by atoms with van der Waals surface area (Å²) in [6.45, 7) is 1.99. The molecule has 0 saturated carbocycles. The molecule has 76 valence electrons. The van der Waals surface area contributed by atoms with Gasteiger partial charge in [0.25, 0.3) is 0 Å². The largest absolute Gasteiger partial charge is 0.360 e. The van der Waals surface area contributed by atoms with Gasteiger partial charge in [0, 0.05) is 10.7 Å². The van der Waals surface area contributed by atoms with Gasteiger partial charge in [-0.1, -0.05) is 22.0 Å². The minimum absolute atomic E-state index is 0.955. The minimum Gasteiger partial charge on any atom is -0.360 e. The summed E-state index contributed by atoms with van der Waals surface area (Å²) in [4.78, 5) is 7.65. The van der Waals surface area contributed by atoms with Gasteiger partial charge in [0.05, 0.1) is 17.1 Å². The van der Waals surface area contributed by atoms with E-state index in [0.29, 0.717) is 0 Å². The van der Waals surface area contributed by atoms with Crippen molar-refractivity contribution in [1.29, 1.82) is 0 Å². The molecule has 0 aliphatic carbocycles. The van der Waals surface area contributed by atoms with Crippen molar-refractivity contribution in [3.8, 4) is 0 Å². The number of aliphatic imine (C=N–C) groups is 1. The smallest absolute Gasteiger partial charge is 0.0644 e. The van der Waals surface area contributed by atoms with Gasteiger partial charge in [-0.05, 0) is 37.3 Å². The van der Waals surface area contributed by atoms with E-state index in [0.717, 1.165) is 21.6 Å². The monoisotopic (exact) mass is 262 g/mol. The molecule has 0 amide bonds.